The Bertz CT molecular complexity index is 594. The molecule has 1 unspecified atom stereocenters. The van der Waals surface area contributed by atoms with Gasteiger partial charge in [-0.3, -0.25) is 0 Å². The molecule has 0 radical (unpaired) electrons. The molecule has 1 heterocycles. The van der Waals surface area contributed by atoms with Gasteiger partial charge in [0, 0.05) is 19.7 Å². The number of benzene rings is 1. The molecule has 2 N–H and O–H groups in total. The van der Waals surface area contributed by atoms with Crippen molar-refractivity contribution in [3.8, 4) is 5.75 Å². The van der Waals surface area contributed by atoms with Crippen molar-refractivity contribution in [2.75, 3.05) is 33.4 Å². The molecule has 1 fully saturated rings. The highest BCUT2D eigenvalue weighted by Gasteiger charge is 2.25. The van der Waals surface area contributed by atoms with Crippen LogP contribution in [0.25, 0.3) is 0 Å². The minimum Gasteiger partial charge on any atom is -0.490 e. The van der Waals surface area contributed by atoms with Crippen molar-refractivity contribution >= 4 is 22.4 Å². The third-order valence-electron chi connectivity index (χ3n) is 3.36. The number of hydrogen-bond acceptors (Lipinski definition) is 5. The zero-order valence-corrected chi connectivity index (χ0v) is 14.5. The lowest BCUT2D eigenvalue weighted by Gasteiger charge is -2.24. The number of ether oxygens (including phenoxy) is 2. The van der Waals surface area contributed by atoms with Gasteiger partial charge >= 0.3 is 0 Å². The minimum atomic E-state index is -3.85. The highest BCUT2D eigenvalue weighted by atomic mass is 35.5. The summed E-state index contributed by atoms with van der Waals surface area (Å²) in [6.07, 6.45) is 1.65. The van der Waals surface area contributed by atoms with Crippen LogP contribution >= 0.6 is 12.4 Å². The molecule has 132 valence electrons. The molecule has 1 aliphatic heterocycles. The van der Waals surface area contributed by atoms with Gasteiger partial charge in [-0.25, -0.2) is 17.5 Å². The maximum Gasteiger partial charge on any atom is 0.244 e. The summed E-state index contributed by atoms with van der Waals surface area (Å²) in [7, 11) is -2.33. The van der Waals surface area contributed by atoms with Crippen molar-refractivity contribution < 1.29 is 22.3 Å². The molecule has 23 heavy (non-hydrogen) atoms. The van der Waals surface area contributed by atoms with Crippen LogP contribution in [0.15, 0.2) is 23.1 Å². The second-order valence-corrected chi connectivity index (χ2v) is 6.78. The van der Waals surface area contributed by atoms with Crippen molar-refractivity contribution in [2.45, 2.75) is 23.8 Å². The lowest BCUT2D eigenvalue weighted by molar-refractivity contribution is 0.144. The molecule has 0 saturated carbocycles. The van der Waals surface area contributed by atoms with Crippen molar-refractivity contribution in [2.24, 2.45) is 0 Å². The summed E-state index contributed by atoms with van der Waals surface area (Å²) in [4.78, 5) is -0.186. The molecule has 0 amide bonds. The highest BCUT2D eigenvalue weighted by Crippen LogP contribution is 2.25. The quantitative estimate of drug-likeness (QED) is 0.709. The first-order valence-electron chi connectivity index (χ1n) is 7.17. The van der Waals surface area contributed by atoms with Gasteiger partial charge in [-0.2, -0.15) is 0 Å². The molecular formula is C14H22ClFN2O4S. The zero-order valence-electron chi connectivity index (χ0n) is 12.9. The van der Waals surface area contributed by atoms with Gasteiger partial charge < -0.3 is 14.8 Å². The Morgan fingerprint density at radius 1 is 1.39 bits per heavy atom. The topological polar surface area (TPSA) is 76.7 Å². The average Bonchev–Trinajstić information content (AvgIpc) is 2.49. The van der Waals surface area contributed by atoms with E-state index in [-0.39, 0.29) is 35.7 Å². The molecule has 0 spiro atoms. The van der Waals surface area contributed by atoms with Crippen LogP contribution in [0.4, 0.5) is 4.39 Å². The van der Waals surface area contributed by atoms with Crippen LogP contribution in [0.2, 0.25) is 0 Å². The Balaban J connectivity index is 0.00000264. The Morgan fingerprint density at radius 2 is 2.17 bits per heavy atom. The summed E-state index contributed by atoms with van der Waals surface area (Å²) < 4.78 is 51.3. The number of nitrogens with one attached hydrogen (secondary N) is 2. The first kappa shape index (κ1) is 20.1. The van der Waals surface area contributed by atoms with E-state index in [0.29, 0.717) is 13.2 Å². The summed E-state index contributed by atoms with van der Waals surface area (Å²) in [6.45, 7) is 1.95. The van der Waals surface area contributed by atoms with E-state index in [9.17, 15) is 12.8 Å². The Labute approximate surface area is 142 Å². The molecule has 1 aromatic rings. The maximum atomic E-state index is 13.5. The van der Waals surface area contributed by atoms with Crippen LogP contribution in [0.3, 0.4) is 0 Å². The third-order valence-corrected chi connectivity index (χ3v) is 4.90. The van der Waals surface area contributed by atoms with E-state index in [0.717, 1.165) is 25.5 Å². The Morgan fingerprint density at radius 3 is 2.83 bits per heavy atom. The summed E-state index contributed by atoms with van der Waals surface area (Å²) >= 11 is 0. The monoisotopic (exact) mass is 368 g/mol. The zero-order chi connectivity index (χ0) is 16.0. The Hall–Kier alpha value is -0.930. The van der Waals surface area contributed by atoms with Gasteiger partial charge in [0.25, 0.3) is 0 Å². The molecule has 0 bridgehead atoms. The molecule has 1 saturated heterocycles. The summed E-state index contributed by atoms with van der Waals surface area (Å²) in [5, 5.41) is 3.13. The Kier molecular flexibility index (Phi) is 8.21. The number of halogens is 2. The van der Waals surface area contributed by atoms with Gasteiger partial charge in [0.1, 0.15) is 23.1 Å². The molecule has 1 atom stereocenters. The standard InChI is InChI=1S/C14H21FN2O4S.ClH/c1-20-7-8-21-13-5-4-11(15)9-14(13)22(18,19)17-12-3-2-6-16-10-12;/h4-5,9,12,16-17H,2-3,6-8,10H2,1H3;1H. The van der Waals surface area contributed by atoms with Crippen molar-refractivity contribution in [1.82, 2.24) is 10.0 Å². The van der Waals surface area contributed by atoms with Crippen LogP contribution in [0.5, 0.6) is 5.75 Å². The number of methoxy groups -OCH3 is 1. The predicted molar refractivity (Wildman–Crippen MR) is 87.2 cm³/mol. The molecular weight excluding hydrogens is 347 g/mol. The van der Waals surface area contributed by atoms with Crippen LogP contribution in [-0.4, -0.2) is 47.9 Å². The fourth-order valence-corrected chi connectivity index (χ4v) is 3.71. The summed E-state index contributed by atoms with van der Waals surface area (Å²) in [6, 6.07) is 3.26. The second-order valence-electron chi connectivity index (χ2n) is 5.10. The van der Waals surface area contributed by atoms with Crippen molar-refractivity contribution in [1.29, 1.82) is 0 Å². The number of piperidine rings is 1. The third kappa shape index (κ3) is 5.89. The van der Waals surface area contributed by atoms with Crippen LogP contribution in [-0.2, 0) is 14.8 Å². The van der Waals surface area contributed by atoms with E-state index in [1.807, 2.05) is 0 Å². The van der Waals surface area contributed by atoms with Crippen molar-refractivity contribution in [3.05, 3.63) is 24.0 Å². The first-order valence-corrected chi connectivity index (χ1v) is 8.65. The molecule has 9 heteroatoms. The van der Waals surface area contributed by atoms with Crippen LogP contribution in [0, 0.1) is 5.82 Å². The van der Waals surface area contributed by atoms with Gasteiger partial charge in [0.2, 0.25) is 10.0 Å². The molecule has 6 nitrogen and oxygen atoms in total. The lowest BCUT2D eigenvalue weighted by atomic mass is 10.1. The highest BCUT2D eigenvalue weighted by molar-refractivity contribution is 7.89. The molecule has 2 rings (SSSR count). The predicted octanol–water partition coefficient (Wildman–Crippen LogP) is 1.30. The lowest BCUT2D eigenvalue weighted by Crippen LogP contribution is -2.45. The van der Waals surface area contributed by atoms with E-state index in [1.54, 1.807) is 0 Å². The number of hydrogen-bond donors (Lipinski definition) is 2. The SMILES string of the molecule is COCCOc1ccc(F)cc1S(=O)(=O)NC1CCCNC1.Cl. The van der Waals surface area contributed by atoms with Crippen LogP contribution < -0.4 is 14.8 Å². The van der Waals surface area contributed by atoms with Gasteiger partial charge in [0.05, 0.1) is 6.61 Å². The molecule has 1 aromatic carbocycles. The molecule has 0 aromatic heterocycles. The van der Waals surface area contributed by atoms with Crippen LogP contribution in [0.1, 0.15) is 12.8 Å². The van der Waals surface area contributed by atoms with Gasteiger partial charge in [-0.15, -0.1) is 12.4 Å². The van der Waals surface area contributed by atoms with E-state index < -0.39 is 15.8 Å². The number of rotatable bonds is 7. The van der Waals surface area contributed by atoms with E-state index in [4.69, 9.17) is 9.47 Å². The number of sulfonamides is 1. The minimum absolute atomic E-state index is 0. The van der Waals surface area contributed by atoms with E-state index >= 15 is 0 Å². The van der Waals surface area contributed by atoms with Crippen molar-refractivity contribution in [3.63, 3.8) is 0 Å². The fourth-order valence-electron chi connectivity index (χ4n) is 2.28. The summed E-state index contributed by atoms with van der Waals surface area (Å²) in [5.74, 6) is -0.504. The van der Waals surface area contributed by atoms with Gasteiger partial charge in [0.15, 0.2) is 0 Å². The largest absolute Gasteiger partial charge is 0.490 e. The van der Waals surface area contributed by atoms with E-state index in [2.05, 4.69) is 10.0 Å². The second kappa shape index (κ2) is 9.39. The summed E-state index contributed by atoms with van der Waals surface area (Å²) in [5.41, 5.74) is 0. The van der Waals surface area contributed by atoms with Gasteiger partial charge in [-0.05, 0) is 37.6 Å². The normalized spacial score (nSPS) is 18.3. The maximum absolute atomic E-state index is 13.5. The first-order chi connectivity index (χ1) is 10.5. The molecule has 1 aliphatic rings. The van der Waals surface area contributed by atoms with Gasteiger partial charge in [-0.1, -0.05) is 0 Å². The molecule has 0 aliphatic carbocycles. The van der Waals surface area contributed by atoms with E-state index in [1.165, 1.54) is 19.2 Å². The fraction of sp³-hybridized carbons (Fsp3) is 0.571. The smallest absolute Gasteiger partial charge is 0.244 e. The average molecular weight is 369 g/mol.